The zero-order valence-electron chi connectivity index (χ0n) is 9.29. The van der Waals surface area contributed by atoms with Crippen LogP contribution in [0.3, 0.4) is 0 Å². The fraction of sp³-hybridized carbons (Fsp3) is 0.250. The summed E-state index contributed by atoms with van der Waals surface area (Å²) in [7, 11) is 0. The molecule has 0 heterocycles. The van der Waals surface area contributed by atoms with E-state index in [2.05, 4.69) is 5.32 Å². The van der Waals surface area contributed by atoms with Gasteiger partial charge in [0.2, 0.25) is 5.91 Å². The van der Waals surface area contributed by atoms with Gasteiger partial charge in [0.05, 0.1) is 12.3 Å². The van der Waals surface area contributed by atoms with Crippen LogP contribution in [-0.2, 0) is 4.79 Å². The van der Waals surface area contributed by atoms with Crippen molar-refractivity contribution in [3.05, 3.63) is 36.2 Å². The summed E-state index contributed by atoms with van der Waals surface area (Å²) in [6.45, 7) is 3.95. The molecule has 1 aromatic rings. The third kappa shape index (κ3) is 3.38. The van der Waals surface area contributed by atoms with E-state index in [0.717, 1.165) is 0 Å². The van der Waals surface area contributed by atoms with Crippen molar-refractivity contribution in [2.24, 2.45) is 0 Å². The predicted octanol–water partition coefficient (Wildman–Crippen LogP) is 2.74. The number of hydrogen-bond acceptors (Lipinski definition) is 2. The second-order valence-electron chi connectivity index (χ2n) is 3.06. The smallest absolute Gasteiger partial charge is 0.248 e. The SMILES string of the molecule is CC=CC(=O)Nc1ccc(F)cc1OCC. The zero-order chi connectivity index (χ0) is 12.0. The number of amides is 1. The van der Waals surface area contributed by atoms with Crippen molar-refractivity contribution in [3.63, 3.8) is 0 Å². The van der Waals surface area contributed by atoms with Crippen LogP contribution in [-0.4, -0.2) is 12.5 Å². The Bertz CT molecular complexity index is 402. The lowest BCUT2D eigenvalue weighted by Gasteiger charge is -2.10. The average molecular weight is 223 g/mol. The van der Waals surface area contributed by atoms with Crippen LogP contribution in [0.1, 0.15) is 13.8 Å². The molecule has 1 N–H and O–H groups in total. The minimum Gasteiger partial charge on any atom is -0.492 e. The first-order valence-corrected chi connectivity index (χ1v) is 5.03. The van der Waals surface area contributed by atoms with Crippen LogP contribution in [0.25, 0.3) is 0 Å². The van der Waals surface area contributed by atoms with Crippen molar-refractivity contribution in [1.29, 1.82) is 0 Å². The molecule has 0 saturated carbocycles. The molecule has 1 aromatic carbocycles. The third-order valence-corrected chi connectivity index (χ3v) is 1.82. The van der Waals surface area contributed by atoms with E-state index >= 15 is 0 Å². The van der Waals surface area contributed by atoms with Gasteiger partial charge in [-0.3, -0.25) is 4.79 Å². The molecule has 4 heteroatoms. The highest BCUT2D eigenvalue weighted by Gasteiger charge is 2.06. The summed E-state index contributed by atoms with van der Waals surface area (Å²) < 4.78 is 18.2. The van der Waals surface area contributed by atoms with Crippen LogP contribution < -0.4 is 10.1 Å². The highest BCUT2D eigenvalue weighted by atomic mass is 19.1. The molecular weight excluding hydrogens is 209 g/mol. The maximum absolute atomic E-state index is 12.9. The Labute approximate surface area is 93.9 Å². The number of ether oxygens (including phenoxy) is 1. The Hall–Kier alpha value is -1.84. The third-order valence-electron chi connectivity index (χ3n) is 1.82. The number of anilines is 1. The van der Waals surface area contributed by atoms with E-state index in [1.54, 1.807) is 19.9 Å². The molecule has 0 atom stereocenters. The molecular formula is C12H14FNO2. The van der Waals surface area contributed by atoms with E-state index in [9.17, 15) is 9.18 Å². The van der Waals surface area contributed by atoms with Crippen molar-refractivity contribution in [2.45, 2.75) is 13.8 Å². The quantitative estimate of drug-likeness (QED) is 0.797. The summed E-state index contributed by atoms with van der Waals surface area (Å²) >= 11 is 0. The van der Waals surface area contributed by atoms with Gasteiger partial charge >= 0.3 is 0 Å². The van der Waals surface area contributed by atoms with E-state index in [0.29, 0.717) is 18.0 Å². The lowest BCUT2D eigenvalue weighted by Crippen LogP contribution is -2.09. The molecule has 3 nitrogen and oxygen atoms in total. The maximum Gasteiger partial charge on any atom is 0.248 e. The van der Waals surface area contributed by atoms with E-state index in [1.165, 1.54) is 24.3 Å². The molecule has 0 saturated heterocycles. The first-order valence-electron chi connectivity index (χ1n) is 5.03. The maximum atomic E-state index is 12.9. The summed E-state index contributed by atoms with van der Waals surface area (Å²) in [5.41, 5.74) is 0.464. The predicted molar refractivity (Wildman–Crippen MR) is 61.0 cm³/mol. The van der Waals surface area contributed by atoms with Gasteiger partial charge in [0.15, 0.2) is 0 Å². The van der Waals surface area contributed by atoms with Crippen molar-refractivity contribution in [2.75, 3.05) is 11.9 Å². The van der Waals surface area contributed by atoms with Crippen LogP contribution in [0, 0.1) is 5.82 Å². The molecule has 0 aliphatic carbocycles. The number of nitrogens with one attached hydrogen (secondary N) is 1. The zero-order valence-corrected chi connectivity index (χ0v) is 9.29. The molecule has 0 aliphatic heterocycles. The standard InChI is InChI=1S/C12H14FNO2/c1-3-5-12(15)14-10-7-6-9(13)8-11(10)16-4-2/h3,5-8H,4H2,1-2H3,(H,14,15). The molecule has 0 fully saturated rings. The Kier molecular flexibility index (Phi) is 4.51. The summed E-state index contributed by atoms with van der Waals surface area (Å²) in [6.07, 6.45) is 3.01. The van der Waals surface area contributed by atoms with Crippen LogP contribution in [0.15, 0.2) is 30.4 Å². The first-order chi connectivity index (χ1) is 7.67. The molecule has 0 bridgehead atoms. The van der Waals surface area contributed by atoms with E-state index < -0.39 is 5.82 Å². The fourth-order valence-electron chi connectivity index (χ4n) is 1.20. The Balaban J connectivity index is 2.89. The molecule has 0 spiro atoms. The molecule has 86 valence electrons. The minimum absolute atomic E-state index is 0.268. The van der Waals surface area contributed by atoms with Gasteiger partial charge < -0.3 is 10.1 Å². The van der Waals surface area contributed by atoms with E-state index in [-0.39, 0.29) is 5.91 Å². The van der Waals surface area contributed by atoms with Gasteiger partial charge in [0, 0.05) is 6.07 Å². The first kappa shape index (κ1) is 12.2. The Morgan fingerprint density at radius 1 is 1.56 bits per heavy atom. The number of hydrogen-bond donors (Lipinski definition) is 1. The van der Waals surface area contributed by atoms with Crippen molar-refractivity contribution in [3.8, 4) is 5.75 Å². The van der Waals surface area contributed by atoms with E-state index in [1.807, 2.05) is 0 Å². The topological polar surface area (TPSA) is 38.3 Å². The van der Waals surface area contributed by atoms with Crippen LogP contribution >= 0.6 is 0 Å². The Morgan fingerprint density at radius 2 is 2.31 bits per heavy atom. The largest absolute Gasteiger partial charge is 0.492 e. The number of benzene rings is 1. The number of allylic oxidation sites excluding steroid dienone is 1. The average Bonchev–Trinajstić information content (AvgIpc) is 2.23. The van der Waals surface area contributed by atoms with Gasteiger partial charge in [-0.25, -0.2) is 4.39 Å². The minimum atomic E-state index is -0.396. The summed E-state index contributed by atoms with van der Waals surface area (Å²) in [4.78, 5) is 11.3. The van der Waals surface area contributed by atoms with E-state index in [4.69, 9.17) is 4.74 Å². The van der Waals surface area contributed by atoms with Gasteiger partial charge in [0.25, 0.3) is 0 Å². The molecule has 0 aromatic heterocycles. The lowest BCUT2D eigenvalue weighted by atomic mass is 10.2. The molecule has 16 heavy (non-hydrogen) atoms. The molecule has 1 amide bonds. The van der Waals surface area contributed by atoms with Crippen molar-refractivity contribution < 1.29 is 13.9 Å². The van der Waals surface area contributed by atoms with Gasteiger partial charge in [-0.05, 0) is 32.1 Å². The highest BCUT2D eigenvalue weighted by Crippen LogP contribution is 2.25. The second-order valence-corrected chi connectivity index (χ2v) is 3.06. The monoisotopic (exact) mass is 223 g/mol. The normalized spacial score (nSPS) is 10.4. The number of halogens is 1. The molecule has 0 radical (unpaired) electrons. The molecule has 1 rings (SSSR count). The molecule has 0 aliphatic rings. The molecule has 0 unspecified atom stereocenters. The van der Waals surface area contributed by atoms with Crippen LogP contribution in [0.2, 0.25) is 0 Å². The van der Waals surface area contributed by atoms with Crippen LogP contribution in [0.4, 0.5) is 10.1 Å². The van der Waals surface area contributed by atoms with Crippen LogP contribution in [0.5, 0.6) is 5.75 Å². The summed E-state index contributed by atoms with van der Waals surface area (Å²) in [5.74, 6) is -0.331. The number of rotatable bonds is 4. The second kappa shape index (κ2) is 5.90. The van der Waals surface area contributed by atoms with Gasteiger partial charge in [-0.15, -0.1) is 0 Å². The lowest BCUT2D eigenvalue weighted by molar-refractivity contribution is -0.111. The van der Waals surface area contributed by atoms with Crippen molar-refractivity contribution >= 4 is 11.6 Å². The van der Waals surface area contributed by atoms with Gasteiger partial charge in [-0.2, -0.15) is 0 Å². The summed E-state index contributed by atoms with van der Waals surface area (Å²) in [5, 5.41) is 2.61. The summed E-state index contributed by atoms with van der Waals surface area (Å²) in [6, 6.07) is 3.99. The van der Waals surface area contributed by atoms with Gasteiger partial charge in [0.1, 0.15) is 11.6 Å². The van der Waals surface area contributed by atoms with Gasteiger partial charge in [-0.1, -0.05) is 6.08 Å². The van der Waals surface area contributed by atoms with Crippen molar-refractivity contribution in [1.82, 2.24) is 0 Å². The number of carbonyl (C=O) groups is 1. The highest BCUT2D eigenvalue weighted by molar-refractivity contribution is 6.00. The Morgan fingerprint density at radius 3 is 2.94 bits per heavy atom. The fourth-order valence-corrected chi connectivity index (χ4v) is 1.20. The number of carbonyl (C=O) groups excluding carboxylic acids is 1.